The lowest BCUT2D eigenvalue weighted by atomic mass is 10.1. The van der Waals surface area contributed by atoms with Gasteiger partial charge in [0.05, 0.1) is 11.3 Å². The van der Waals surface area contributed by atoms with Gasteiger partial charge >= 0.3 is 12.1 Å². The Hall–Kier alpha value is -3.10. The molecule has 28 heavy (non-hydrogen) atoms. The van der Waals surface area contributed by atoms with Crippen LogP contribution in [-0.4, -0.2) is 17.0 Å². The van der Waals surface area contributed by atoms with Gasteiger partial charge < -0.3 is 15.2 Å². The average Bonchev–Trinajstić information content (AvgIpc) is 3.45. The molecule has 0 heterocycles. The van der Waals surface area contributed by atoms with E-state index in [0.717, 1.165) is 25.0 Å². The van der Waals surface area contributed by atoms with Crippen LogP contribution in [0.3, 0.4) is 0 Å². The lowest BCUT2D eigenvalue weighted by molar-refractivity contribution is -0.139. The second-order valence-electron chi connectivity index (χ2n) is 6.38. The first-order valence-corrected chi connectivity index (χ1v) is 8.32. The molecule has 0 aromatic heterocycles. The summed E-state index contributed by atoms with van der Waals surface area (Å²) in [4.78, 5) is 23.3. The van der Waals surface area contributed by atoms with Crippen LogP contribution < -0.4 is 10.1 Å². The third-order valence-electron chi connectivity index (χ3n) is 4.16. The summed E-state index contributed by atoms with van der Waals surface area (Å²) in [7, 11) is 0. The van der Waals surface area contributed by atoms with Gasteiger partial charge in [-0.2, -0.15) is 13.2 Å². The number of nitrogens with one attached hydrogen (secondary N) is 1. The quantitative estimate of drug-likeness (QED) is 0.706. The number of amides is 1. The Balaban J connectivity index is 1.79. The number of rotatable bonds is 6. The molecule has 1 aliphatic carbocycles. The van der Waals surface area contributed by atoms with Crippen molar-refractivity contribution in [2.75, 3.05) is 5.32 Å². The smallest absolute Gasteiger partial charge is 0.420 e. The van der Waals surface area contributed by atoms with E-state index in [1.165, 1.54) is 18.2 Å². The van der Waals surface area contributed by atoms with Crippen molar-refractivity contribution in [3.05, 3.63) is 58.9 Å². The van der Waals surface area contributed by atoms with Gasteiger partial charge in [0.1, 0.15) is 23.7 Å². The van der Waals surface area contributed by atoms with Gasteiger partial charge in [-0.25, -0.2) is 9.18 Å². The summed E-state index contributed by atoms with van der Waals surface area (Å²) in [5.41, 5.74) is -1.09. The fraction of sp³-hybridized carbons (Fsp3) is 0.263. The lowest BCUT2D eigenvalue weighted by Crippen LogP contribution is -2.16. The lowest BCUT2D eigenvalue weighted by Gasteiger charge is -2.15. The second-order valence-corrected chi connectivity index (χ2v) is 6.38. The maximum atomic E-state index is 13.1. The number of alkyl halides is 3. The van der Waals surface area contributed by atoms with Gasteiger partial charge in [0, 0.05) is 5.92 Å². The van der Waals surface area contributed by atoms with Crippen molar-refractivity contribution in [2.24, 2.45) is 5.92 Å². The molecule has 0 atom stereocenters. The van der Waals surface area contributed by atoms with Crippen molar-refractivity contribution >= 4 is 17.6 Å². The van der Waals surface area contributed by atoms with Crippen LogP contribution in [0.4, 0.5) is 23.2 Å². The fourth-order valence-electron chi connectivity index (χ4n) is 2.56. The predicted molar refractivity (Wildman–Crippen MR) is 90.5 cm³/mol. The highest BCUT2D eigenvalue weighted by Gasteiger charge is 2.35. The van der Waals surface area contributed by atoms with Crippen LogP contribution in [-0.2, 0) is 17.6 Å². The monoisotopic (exact) mass is 397 g/mol. The Kier molecular flexibility index (Phi) is 5.26. The summed E-state index contributed by atoms with van der Waals surface area (Å²) < 4.78 is 57.3. The van der Waals surface area contributed by atoms with Gasteiger partial charge in [0.2, 0.25) is 5.91 Å². The summed E-state index contributed by atoms with van der Waals surface area (Å²) in [5.74, 6) is -3.32. The molecule has 2 aromatic carbocycles. The third-order valence-corrected chi connectivity index (χ3v) is 4.16. The largest absolute Gasteiger partial charge is 0.488 e. The van der Waals surface area contributed by atoms with E-state index in [4.69, 9.17) is 4.74 Å². The summed E-state index contributed by atoms with van der Waals surface area (Å²) in [5, 5.41) is 11.9. The first kappa shape index (κ1) is 19.7. The van der Waals surface area contributed by atoms with Crippen molar-refractivity contribution in [2.45, 2.75) is 25.6 Å². The Morgan fingerprint density at radius 3 is 2.46 bits per heavy atom. The van der Waals surface area contributed by atoms with Crippen LogP contribution >= 0.6 is 0 Å². The highest BCUT2D eigenvalue weighted by atomic mass is 19.4. The Labute approximate surface area is 156 Å². The number of halogens is 4. The van der Waals surface area contributed by atoms with Crippen LogP contribution in [0.2, 0.25) is 0 Å². The molecular formula is C19H15F4NO4. The SMILES string of the molecule is O=C(O)c1cc(COc2ccc(F)cc2C(F)(F)F)ccc1NC(=O)C1CC1. The summed E-state index contributed by atoms with van der Waals surface area (Å²) in [6.07, 6.45) is -3.31. The van der Waals surface area contributed by atoms with Crippen molar-refractivity contribution in [1.82, 2.24) is 0 Å². The van der Waals surface area contributed by atoms with Gasteiger partial charge in [0.25, 0.3) is 0 Å². The van der Waals surface area contributed by atoms with Gasteiger partial charge in [0.15, 0.2) is 0 Å². The molecule has 1 saturated carbocycles. The van der Waals surface area contributed by atoms with Gasteiger partial charge in [-0.05, 0) is 48.7 Å². The minimum absolute atomic E-state index is 0.103. The van der Waals surface area contributed by atoms with E-state index in [9.17, 15) is 32.3 Å². The molecule has 0 spiro atoms. The van der Waals surface area contributed by atoms with E-state index >= 15 is 0 Å². The Morgan fingerprint density at radius 2 is 1.86 bits per heavy atom. The Bertz CT molecular complexity index is 923. The predicted octanol–water partition coefficient (Wildman–Crippen LogP) is 4.47. The molecule has 0 unspecified atom stereocenters. The molecule has 9 heteroatoms. The summed E-state index contributed by atoms with van der Waals surface area (Å²) >= 11 is 0. The van der Waals surface area contributed by atoms with E-state index in [1.807, 2.05) is 0 Å². The number of benzene rings is 2. The number of carboxylic acids is 1. The number of hydrogen-bond donors (Lipinski definition) is 2. The van der Waals surface area contributed by atoms with E-state index in [-0.39, 0.29) is 35.2 Å². The minimum Gasteiger partial charge on any atom is -0.488 e. The molecule has 0 radical (unpaired) electrons. The highest BCUT2D eigenvalue weighted by molar-refractivity contribution is 6.01. The summed E-state index contributed by atoms with van der Waals surface area (Å²) in [6.45, 7) is -0.369. The molecule has 0 saturated heterocycles. The van der Waals surface area contributed by atoms with Gasteiger partial charge in [-0.15, -0.1) is 0 Å². The van der Waals surface area contributed by atoms with Crippen molar-refractivity contribution in [3.8, 4) is 5.75 Å². The molecule has 2 N–H and O–H groups in total. The maximum absolute atomic E-state index is 13.1. The first-order chi connectivity index (χ1) is 13.1. The summed E-state index contributed by atoms with van der Waals surface area (Å²) in [6, 6.07) is 6.03. The molecule has 148 valence electrons. The first-order valence-electron chi connectivity index (χ1n) is 8.32. The molecule has 2 aromatic rings. The van der Waals surface area contributed by atoms with E-state index in [1.54, 1.807) is 0 Å². The van der Waals surface area contributed by atoms with Crippen LogP contribution in [0.5, 0.6) is 5.75 Å². The number of hydrogen-bond acceptors (Lipinski definition) is 3. The molecular weight excluding hydrogens is 382 g/mol. The van der Waals surface area contributed by atoms with Gasteiger partial charge in [-0.1, -0.05) is 6.07 Å². The molecule has 1 amide bonds. The molecule has 1 fully saturated rings. The van der Waals surface area contributed by atoms with Crippen molar-refractivity contribution in [1.29, 1.82) is 0 Å². The van der Waals surface area contributed by atoms with Crippen molar-refractivity contribution < 1.29 is 37.0 Å². The number of carboxylic acid groups (broad SMARTS) is 1. The number of carbonyl (C=O) groups is 2. The number of anilines is 1. The van der Waals surface area contributed by atoms with Crippen LogP contribution in [0, 0.1) is 11.7 Å². The molecule has 0 aliphatic heterocycles. The van der Waals surface area contributed by atoms with Crippen LogP contribution in [0.25, 0.3) is 0 Å². The zero-order chi connectivity index (χ0) is 20.5. The average molecular weight is 397 g/mol. The standard InChI is InChI=1S/C19H15F4NO4/c20-12-4-6-16(14(8-12)19(21,22)23)28-9-10-1-5-15(13(7-10)18(26)27)24-17(25)11-2-3-11/h1,4-8,11H,2-3,9H2,(H,24,25)(H,26,27). The topological polar surface area (TPSA) is 75.6 Å². The van der Waals surface area contributed by atoms with E-state index < -0.39 is 29.3 Å². The number of aromatic carboxylic acids is 1. The zero-order valence-corrected chi connectivity index (χ0v) is 14.3. The minimum atomic E-state index is -4.80. The zero-order valence-electron chi connectivity index (χ0n) is 14.3. The fourth-order valence-corrected chi connectivity index (χ4v) is 2.56. The van der Waals surface area contributed by atoms with Crippen LogP contribution in [0.1, 0.15) is 34.3 Å². The molecule has 3 rings (SSSR count). The third kappa shape index (κ3) is 4.59. The van der Waals surface area contributed by atoms with Crippen LogP contribution in [0.15, 0.2) is 36.4 Å². The second kappa shape index (κ2) is 7.49. The number of carbonyl (C=O) groups excluding carboxylic acids is 1. The Morgan fingerprint density at radius 1 is 1.14 bits per heavy atom. The molecule has 1 aliphatic rings. The highest BCUT2D eigenvalue weighted by Crippen LogP contribution is 2.37. The normalized spacial score (nSPS) is 13.9. The maximum Gasteiger partial charge on any atom is 0.420 e. The van der Waals surface area contributed by atoms with E-state index in [2.05, 4.69) is 5.32 Å². The van der Waals surface area contributed by atoms with E-state index in [0.29, 0.717) is 6.07 Å². The van der Waals surface area contributed by atoms with Crippen molar-refractivity contribution in [3.63, 3.8) is 0 Å². The number of ether oxygens (including phenoxy) is 1. The molecule has 0 bridgehead atoms. The van der Waals surface area contributed by atoms with Gasteiger partial charge in [-0.3, -0.25) is 4.79 Å². The molecule has 5 nitrogen and oxygen atoms in total.